The Morgan fingerprint density at radius 2 is 2.35 bits per heavy atom. The average Bonchev–Trinajstić information content (AvgIpc) is 2.76. The average molecular weight is 273 g/mol. The molecule has 1 aromatic heterocycles. The Kier molecular flexibility index (Phi) is 3.91. The second-order valence-corrected chi connectivity index (χ2v) is 4.42. The zero-order valence-corrected chi connectivity index (χ0v) is 11.3. The molecule has 0 saturated carbocycles. The number of nitrogens with zero attached hydrogens (tertiary/aromatic N) is 2. The number of carbonyl (C=O) groups is 1. The number of fused-ring (bicyclic) bond motifs is 1. The number of carboxylic acid groups (broad SMARTS) is 1. The zero-order chi connectivity index (χ0) is 14.7. The maximum absolute atomic E-state index is 10.6. The summed E-state index contributed by atoms with van der Waals surface area (Å²) in [6.45, 7) is -0.265. The van der Waals surface area contributed by atoms with E-state index in [0.717, 1.165) is 16.5 Å². The lowest BCUT2D eigenvalue weighted by atomic mass is 10.1. The Morgan fingerprint density at radius 3 is 2.95 bits per heavy atom. The molecule has 0 bridgehead atoms. The molecule has 2 aromatic rings. The lowest BCUT2D eigenvalue weighted by Gasteiger charge is -2.09. The number of aliphatic carboxylic acids is 1. The van der Waals surface area contributed by atoms with E-state index in [2.05, 4.69) is 11.4 Å². The van der Waals surface area contributed by atoms with Crippen LogP contribution in [0.2, 0.25) is 0 Å². The van der Waals surface area contributed by atoms with Gasteiger partial charge in [0, 0.05) is 29.7 Å². The summed E-state index contributed by atoms with van der Waals surface area (Å²) in [6.07, 6.45) is 1.83. The van der Waals surface area contributed by atoms with E-state index in [4.69, 9.17) is 9.84 Å². The number of carboxylic acids is 1. The van der Waals surface area contributed by atoms with Gasteiger partial charge in [-0.05, 0) is 18.2 Å². The first-order valence-electron chi connectivity index (χ1n) is 6.04. The Labute approximate surface area is 116 Å². The van der Waals surface area contributed by atoms with Crippen LogP contribution >= 0.6 is 0 Å². The maximum Gasteiger partial charge on any atom is 0.317 e. The van der Waals surface area contributed by atoms with Crippen LogP contribution < -0.4 is 10.1 Å². The number of hydrogen-bond acceptors (Lipinski definition) is 4. The highest BCUT2D eigenvalue weighted by Crippen LogP contribution is 2.29. The normalized spacial score (nSPS) is 12.1. The highest BCUT2D eigenvalue weighted by molar-refractivity contribution is 5.86. The largest absolute Gasteiger partial charge is 0.497 e. The number of ether oxygens (including phenoxy) is 1. The van der Waals surface area contributed by atoms with Gasteiger partial charge >= 0.3 is 5.97 Å². The van der Waals surface area contributed by atoms with Crippen molar-refractivity contribution in [2.45, 2.75) is 6.04 Å². The quantitative estimate of drug-likeness (QED) is 0.860. The fourth-order valence-electron chi connectivity index (χ4n) is 2.17. The zero-order valence-electron chi connectivity index (χ0n) is 11.3. The van der Waals surface area contributed by atoms with E-state index in [1.54, 1.807) is 7.11 Å². The van der Waals surface area contributed by atoms with E-state index in [1.165, 1.54) is 0 Å². The van der Waals surface area contributed by atoms with E-state index in [0.29, 0.717) is 5.75 Å². The van der Waals surface area contributed by atoms with Crippen molar-refractivity contribution in [2.24, 2.45) is 7.05 Å². The Hall–Kier alpha value is -2.52. The molecule has 1 heterocycles. The molecule has 2 N–H and O–H groups in total. The molecule has 0 aliphatic carbocycles. The standard InChI is InChI=1S/C14H15N3O3/c1-17-8-11(12(6-15)16-7-14(18)19)10-5-9(20-2)3-4-13(10)17/h3-5,8,12,16H,7H2,1-2H3,(H,18,19). The molecule has 6 nitrogen and oxygen atoms in total. The summed E-state index contributed by atoms with van der Waals surface area (Å²) in [4.78, 5) is 10.6. The molecule has 1 atom stereocenters. The number of nitriles is 1. The molecule has 1 unspecified atom stereocenters. The first-order chi connectivity index (χ1) is 9.56. The number of aryl methyl sites for hydroxylation is 1. The van der Waals surface area contributed by atoms with Gasteiger partial charge in [0.05, 0.1) is 19.7 Å². The molecule has 0 radical (unpaired) electrons. The minimum atomic E-state index is -0.997. The van der Waals surface area contributed by atoms with Crippen molar-refractivity contribution in [3.05, 3.63) is 30.0 Å². The number of nitrogens with one attached hydrogen (secondary N) is 1. The number of benzene rings is 1. The summed E-state index contributed by atoms with van der Waals surface area (Å²) in [7, 11) is 3.46. The fraction of sp³-hybridized carbons (Fsp3) is 0.286. The number of methoxy groups -OCH3 is 1. The summed E-state index contributed by atoms with van der Waals surface area (Å²) in [6, 6.07) is 7.01. The molecule has 6 heteroatoms. The highest BCUT2D eigenvalue weighted by Gasteiger charge is 2.17. The molecule has 0 spiro atoms. The van der Waals surface area contributed by atoms with Crippen LogP contribution in [-0.4, -0.2) is 29.3 Å². The van der Waals surface area contributed by atoms with Crippen molar-refractivity contribution < 1.29 is 14.6 Å². The van der Waals surface area contributed by atoms with Crippen molar-refractivity contribution in [3.8, 4) is 11.8 Å². The predicted molar refractivity (Wildman–Crippen MR) is 73.5 cm³/mol. The van der Waals surface area contributed by atoms with Crippen LogP contribution in [0.25, 0.3) is 10.9 Å². The van der Waals surface area contributed by atoms with E-state index in [9.17, 15) is 10.1 Å². The number of aromatic nitrogens is 1. The summed E-state index contributed by atoms with van der Waals surface area (Å²) >= 11 is 0. The summed E-state index contributed by atoms with van der Waals surface area (Å²) in [5, 5.41) is 21.5. The van der Waals surface area contributed by atoms with Crippen molar-refractivity contribution in [1.82, 2.24) is 9.88 Å². The van der Waals surface area contributed by atoms with Gasteiger partial charge < -0.3 is 14.4 Å². The van der Waals surface area contributed by atoms with E-state index >= 15 is 0 Å². The molecule has 1 aromatic carbocycles. The van der Waals surface area contributed by atoms with Crippen molar-refractivity contribution in [2.75, 3.05) is 13.7 Å². The Balaban J connectivity index is 2.46. The van der Waals surface area contributed by atoms with Gasteiger partial charge in [-0.3, -0.25) is 10.1 Å². The molecule has 20 heavy (non-hydrogen) atoms. The van der Waals surface area contributed by atoms with Crippen molar-refractivity contribution >= 4 is 16.9 Å². The Morgan fingerprint density at radius 1 is 1.60 bits per heavy atom. The number of hydrogen-bond donors (Lipinski definition) is 2. The molecular weight excluding hydrogens is 258 g/mol. The van der Waals surface area contributed by atoms with Gasteiger partial charge in [-0.15, -0.1) is 0 Å². The molecular formula is C14H15N3O3. The van der Waals surface area contributed by atoms with Crippen LogP contribution in [0.1, 0.15) is 11.6 Å². The summed E-state index contributed by atoms with van der Waals surface area (Å²) in [5.74, 6) is -0.303. The first kappa shape index (κ1) is 13.9. The lowest BCUT2D eigenvalue weighted by molar-refractivity contribution is -0.136. The van der Waals surface area contributed by atoms with Crippen LogP contribution in [0, 0.1) is 11.3 Å². The molecule has 0 saturated heterocycles. The van der Waals surface area contributed by atoms with E-state index in [-0.39, 0.29) is 6.54 Å². The van der Waals surface area contributed by atoms with Gasteiger partial charge in [-0.2, -0.15) is 5.26 Å². The molecule has 0 fully saturated rings. The predicted octanol–water partition coefficient (Wildman–Crippen LogP) is 1.43. The molecule has 0 amide bonds. The van der Waals surface area contributed by atoms with Crippen LogP contribution in [0.15, 0.2) is 24.4 Å². The highest BCUT2D eigenvalue weighted by atomic mass is 16.5. The van der Waals surface area contributed by atoms with Crippen LogP contribution in [0.3, 0.4) is 0 Å². The van der Waals surface area contributed by atoms with Gasteiger partial charge in [-0.25, -0.2) is 0 Å². The molecule has 0 aliphatic rings. The second kappa shape index (κ2) is 5.63. The van der Waals surface area contributed by atoms with Gasteiger partial charge in [-0.1, -0.05) is 0 Å². The molecule has 2 rings (SSSR count). The van der Waals surface area contributed by atoms with Gasteiger partial charge in [0.25, 0.3) is 0 Å². The van der Waals surface area contributed by atoms with Crippen LogP contribution in [0.5, 0.6) is 5.75 Å². The molecule has 0 aliphatic heterocycles. The third-order valence-corrected chi connectivity index (χ3v) is 3.12. The minimum Gasteiger partial charge on any atom is -0.497 e. The minimum absolute atomic E-state index is 0.265. The van der Waals surface area contributed by atoms with Gasteiger partial charge in [0.1, 0.15) is 11.8 Å². The smallest absolute Gasteiger partial charge is 0.317 e. The van der Waals surface area contributed by atoms with Crippen LogP contribution in [-0.2, 0) is 11.8 Å². The van der Waals surface area contributed by atoms with E-state index < -0.39 is 12.0 Å². The monoisotopic (exact) mass is 273 g/mol. The van der Waals surface area contributed by atoms with Gasteiger partial charge in [0.2, 0.25) is 0 Å². The fourth-order valence-corrected chi connectivity index (χ4v) is 2.17. The second-order valence-electron chi connectivity index (χ2n) is 4.42. The first-order valence-corrected chi connectivity index (χ1v) is 6.04. The van der Waals surface area contributed by atoms with Crippen molar-refractivity contribution in [3.63, 3.8) is 0 Å². The summed E-state index contributed by atoms with van der Waals surface area (Å²) in [5.41, 5.74) is 1.70. The van der Waals surface area contributed by atoms with Crippen LogP contribution in [0.4, 0.5) is 0 Å². The summed E-state index contributed by atoms with van der Waals surface area (Å²) < 4.78 is 7.09. The number of rotatable bonds is 5. The SMILES string of the molecule is COc1ccc2c(c1)c(C(C#N)NCC(=O)O)cn2C. The topological polar surface area (TPSA) is 87.3 Å². The van der Waals surface area contributed by atoms with Gasteiger partial charge in [0.15, 0.2) is 0 Å². The van der Waals surface area contributed by atoms with E-state index in [1.807, 2.05) is 36.0 Å². The Bertz CT molecular complexity index is 685. The lowest BCUT2D eigenvalue weighted by Crippen LogP contribution is -2.26. The third-order valence-electron chi connectivity index (χ3n) is 3.12. The third kappa shape index (κ3) is 2.58. The maximum atomic E-state index is 10.6. The molecule has 104 valence electrons. The van der Waals surface area contributed by atoms with Crippen molar-refractivity contribution in [1.29, 1.82) is 5.26 Å².